The lowest BCUT2D eigenvalue weighted by Crippen LogP contribution is -2.24. The highest BCUT2D eigenvalue weighted by molar-refractivity contribution is 5.96. The molecule has 0 aliphatic carbocycles. The first-order chi connectivity index (χ1) is 13.0. The summed E-state index contributed by atoms with van der Waals surface area (Å²) in [6, 6.07) is 15.3. The number of ether oxygens (including phenoxy) is 2. The predicted octanol–water partition coefficient (Wildman–Crippen LogP) is 3.44. The second-order valence-corrected chi connectivity index (χ2v) is 6.17. The van der Waals surface area contributed by atoms with Crippen LogP contribution < -0.4 is 14.8 Å². The lowest BCUT2D eigenvalue weighted by molar-refractivity contribution is 0.0949. The number of benzene rings is 2. The van der Waals surface area contributed by atoms with Gasteiger partial charge in [-0.25, -0.2) is 4.68 Å². The van der Waals surface area contributed by atoms with Crippen molar-refractivity contribution in [2.75, 3.05) is 14.2 Å². The van der Waals surface area contributed by atoms with Gasteiger partial charge in [-0.2, -0.15) is 5.10 Å². The van der Waals surface area contributed by atoms with Crippen molar-refractivity contribution >= 4 is 5.91 Å². The normalized spacial score (nSPS) is 10.5. The Hall–Kier alpha value is -3.28. The average Bonchev–Trinajstić information content (AvgIpc) is 3.00. The Labute approximate surface area is 158 Å². The van der Waals surface area contributed by atoms with Crippen molar-refractivity contribution in [3.63, 3.8) is 0 Å². The topological polar surface area (TPSA) is 65.4 Å². The molecule has 0 radical (unpaired) electrons. The molecular weight excluding hydrogens is 342 g/mol. The van der Waals surface area contributed by atoms with Crippen molar-refractivity contribution in [2.24, 2.45) is 0 Å². The van der Waals surface area contributed by atoms with E-state index in [0.717, 1.165) is 16.9 Å². The molecule has 0 unspecified atom stereocenters. The Morgan fingerprint density at radius 1 is 1.04 bits per heavy atom. The van der Waals surface area contributed by atoms with Gasteiger partial charge in [0.1, 0.15) is 0 Å². The van der Waals surface area contributed by atoms with E-state index in [0.29, 0.717) is 29.3 Å². The highest BCUT2D eigenvalue weighted by Gasteiger charge is 2.19. The van der Waals surface area contributed by atoms with Gasteiger partial charge in [-0.05, 0) is 43.7 Å². The third-order valence-electron chi connectivity index (χ3n) is 4.42. The molecule has 1 amide bonds. The highest BCUT2D eigenvalue weighted by atomic mass is 16.5. The zero-order chi connectivity index (χ0) is 19.4. The summed E-state index contributed by atoms with van der Waals surface area (Å²) in [5.74, 6) is 1.14. The Balaban J connectivity index is 1.78. The third-order valence-corrected chi connectivity index (χ3v) is 4.42. The molecule has 0 saturated heterocycles. The molecule has 0 aliphatic heterocycles. The largest absolute Gasteiger partial charge is 0.493 e. The number of aromatic nitrogens is 2. The minimum absolute atomic E-state index is 0.151. The van der Waals surface area contributed by atoms with Gasteiger partial charge in [0.05, 0.1) is 36.9 Å². The number of methoxy groups -OCH3 is 2. The van der Waals surface area contributed by atoms with Crippen LogP contribution in [0.4, 0.5) is 0 Å². The molecule has 0 fully saturated rings. The number of carbonyl (C=O) groups excluding carboxylic acids is 1. The van der Waals surface area contributed by atoms with Gasteiger partial charge in [0, 0.05) is 6.54 Å². The third kappa shape index (κ3) is 3.79. The number of nitrogens with zero attached hydrogens (tertiary/aromatic N) is 2. The maximum absolute atomic E-state index is 12.8. The van der Waals surface area contributed by atoms with E-state index in [2.05, 4.69) is 10.4 Å². The Bertz CT molecular complexity index is 949. The number of rotatable bonds is 6. The number of para-hydroxylation sites is 1. The van der Waals surface area contributed by atoms with Gasteiger partial charge in [-0.3, -0.25) is 4.79 Å². The molecule has 0 spiro atoms. The first-order valence-electron chi connectivity index (χ1n) is 8.66. The molecule has 0 atom stereocenters. The molecular formula is C21H23N3O3. The predicted molar refractivity (Wildman–Crippen MR) is 104 cm³/mol. The summed E-state index contributed by atoms with van der Waals surface area (Å²) in [6.07, 6.45) is 0. The van der Waals surface area contributed by atoms with Crippen molar-refractivity contribution in [1.82, 2.24) is 15.1 Å². The van der Waals surface area contributed by atoms with Crippen LogP contribution in [0.25, 0.3) is 5.69 Å². The smallest absolute Gasteiger partial charge is 0.255 e. The molecule has 1 N–H and O–H groups in total. The fraction of sp³-hybridized carbons (Fsp3) is 0.238. The molecule has 0 bridgehead atoms. The van der Waals surface area contributed by atoms with E-state index in [-0.39, 0.29) is 5.91 Å². The van der Waals surface area contributed by atoms with E-state index in [1.807, 2.05) is 62.4 Å². The lowest BCUT2D eigenvalue weighted by atomic mass is 10.1. The summed E-state index contributed by atoms with van der Waals surface area (Å²) < 4.78 is 12.3. The minimum Gasteiger partial charge on any atom is -0.493 e. The number of nitrogens with one attached hydrogen (secondary N) is 1. The second kappa shape index (κ2) is 7.95. The van der Waals surface area contributed by atoms with Crippen LogP contribution >= 0.6 is 0 Å². The summed E-state index contributed by atoms with van der Waals surface area (Å²) in [6.45, 7) is 4.13. The number of aryl methyl sites for hydroxylation is 1. The maximum Gasteiger partial charge on any atom is 0.255 e. The van der Waals surface area contributed by atoms with Gasteiger partial charge < -0.3 is 14.8 Å². The van der Waals surface area contributed by atoms with Crippen LogP contribution in [-0.4, -0.2) is 29.9 Å². The van der Waals surface area contributed by atoms with Crippen LogP contribution in [0.1, 0.15) is 27.3 Å². The van der Waals surface area contributed by atoms with Crippen LogP contribution in [0.15, 0.2) is 48.5 Å². The minimum atomic E-state index is -0.151. The standard InChI is InChI=1S/C21H23N3O3/c1-14-20(15(2)24(23-14)17-8-6-5-7-9-17)21(25)22-13-16-10-11-18(26-3)19(12-16)27-4/h5-12H,13H2,1-4H3,(H,22,25). The Kier molecular flexibility index (Phi) is 5.45. The molecule has 6 heteroatoms. The van der Waals surface area contributed by atoms with Gasteiger partial charge in [0.15, 0.2) is 11.5 Å². The van der Waals surface area contributed by atoms with Gasteiger partial charge in [0.25, 0.3) is 5.91 Å². The van der Waals surface area contributed by atoms with Crippen molar-refractivity contribution in [3.8, 4) is 17.2 Å². The van der Waals surface area contributed by atoms with Gasteiger partial charge in [-0.1, -0.05) is 24.3 Å². The van der Waals surface area contributed by atoms with E-state index in [4.69, 9.17) is 9.47 Å². The van der Waals surface area contributed by atoms with E-state index in [1.165, 1.54) is 0 Å². The van der Waals surface area contributed by atoms with Crippen molar-refractivity contribution in [3.05, 3.63) is 71.0 Å². The quantitative estimate of drug-likeness (QED) is 0.727. The Morgan fingerprint density at radius 2 is 1.74 bits per heavy atom. The van der Waals surface area contributed by atoms with Gasteiger partial charge in [0.2, 0.25) is 0 Å². The molecule has 0 aliphatic rings. The zero-order valence-corrected chi connectivity index (χ0v) is 15.9. The second-order valence-electron chi connectivity index (χ2n) is 6.17. The molecule has 2 aromatic carbocycles. The first kappa shape index (κ1) is 18.5. The fourth-order valence-electron chi connectivity index (χ4n) is 3.05. The van der Waals surface area contributed by atoms with Crippen LogP contribution in [0.5, 0.6) is 11.5 Å². The van der Waals surface area contributed by atoms with Gasteiger partial charge in [-0.15, -0.1) is 0 Å². The monoisotopic (exact) mass is 365 g/mol. The average molecular weight is 365 g/mol. The molecule has 1 aromatic heterocycles. The summed E-state index contributed by atoms with van der Waals surface area (Å²) in [5, 5.41) is 7.49. The highest BCUT2D eigenvalue weighted by Crippen LogP contribution is 2.27. The van der Waals surface area contributed by atoms with Crippen LogP contribution in [0.2, 0.25) is 0 Å². The summed E-state index contributed by atoms with van der Waals surface area (Å²) >= 11 is 0. The van der Waals surface area contributed by atoms with Gasteiger partial charge >= 0.3 is 0 Å². The number of hydrogen-bond acceptors (Lipinski definition) is 4. The fourth-order valence-corrected chi connectivity index (χ4v) is 3.05. The molecule has 27 heavy (non-hydrogen) atoms. The van der Waals surface area contributed by atoms with E-state index < -0.39 is 0 Å². The molecule has 6 nitrogen and oxygen atoms in total. The molecule has 0 saturated carbocycles. The molecule has 3 aromatic rings. The number of amides is 1. The summed E-state index contributed by atoms with van der Waals surface area (Å²) in [7, 11) is 3.18. The van der Waals surface area contributed by atoms with E-state index in [9.17, 15) is 4.79 Å². The van der Waals surface area contributed by atoms with E-state index >= 15 is 0 Å². The lowest BCUT2D eigenvalue weighted by Gasteiger charge is -2.10. The zero-order valence-electron chi connectivity index (χ0n) is 15.9. The first-order valence-corrected chi connectivity index (χ1v) is 8.66. The maximum atomic E-state index is 12.8. The molecule has 140 valence electrons. The van der Waals surface area contributed by atoms with Crippen molar-refractivity contribution in [2.45, 2.75) is 20.4 Å². The summed E-state index contributed by atoms with van der Waals surface area (Å²) in [4.78, 5) is 12.8. The van der Waals surface area contributed by atoms with E-state index in [1.54, 1.807) is 18.9 Å². The molecule has 1 heterocycles. The van der Waals surface area contributed by atoms with Crippen LogP contribution in [-0.2, 0) is 6.54 Å². The van der Waals surface area contributed by atoms with Crippen molar-refractivity contribution in [1.29, 1.82) is 0 Å². The van der Waals surface area contributed by atoms with Crippen molar-refractivity contribution < 1.29 is 14.3 Å². The molecule has 3 rings (SSSR count). The number of carbonyl (C=O) groups is 1. The Morgan fingerprint density at radius 3 is 2.41 bits per heavy atom. The SMILES string of the molecule is COc1ccc(CNC(=O)c2c(C)nn(-c3ccccc3)c2C)cc1OC. The summed E-state index contributed by atoms with van der Waals surface area (Å²) in [5.41, 5.74) is 3.95. The van der Waals surface area contributed by atoms with Crippen LogP contribution in [0.3, 0.4) is 0 Å². The number of hydrogen-bond donors (Lipinski definition) is 1. The van der Waals surface area contributed by atoms with Crippen LogP contribution in [0, 0.1) is 13.8 Å².